The largest absolute Gasteiger partial charge is 0.435 e. The molecule has 1 saturated carbocycles. The molecular weight excluding hydrogens is 450 g/mol. The average Bonchev–Trinajstić information content (AvgIpc) is 2.99. The fraction of sp³-hybridized carbons (Fsp3) is 0.391. The first-order valence-electron chi connectivity index (χ1n) is 10.5. The summed E-state index contributed by atoms with van der Waals surface area (Å²) in [5, 5.41) is 10.6. The number of ether oxygens (including phenoxy) is 1. The molecule has 0 unspecified atom stereocenters. The molecule has 1 aliphatic rings. The third-order valence-electron chi connectivity index (χ3n) is 5.83. The van der Waals surface area contributed by atoms with Crippen LogP contribution in [0.3, 0.4) is 0 Å². The van der Waals surface area contributed by atoms with Gasteiger partial charge in [-0.2, -0.15) is 14.0 Å². The fourth-order valence-corrected chi connectivity index (χ4v) is 4.47. The van der Waals surface area contributed by atoms with Gasteiger partial charge in [0.1, 0.15) is 17.6 Å². The van der Waals surface area contributed by atoms with Crippen LogP contribution in [0.5, 0.6) is 5.75 Å². The van der Waals surface area contributed by atoms with Crippen LogP contribution in [-0.4, -0.2) is 29.3 Å². The Morgan fingerprint density at radius 2 is 1.97 bits per heavy atom. The Morgan fingerprint density at radius 3 is 2.48 bits per heavy atom. The van der Waals surface area contributed by atoms with Crippen LogP contribution < -0.4 is 9.46 Å². The third-order valence-corrected chi connectivity index (χ3v) is 7.92. The molecule has 4 rings (SSSR count). The van der Waals surface area contributed by atoms with Crippen molar-refractivity contribution in [2.45, 2.75) is 57.4 Å². The Balaban J connectivity index is 1.82. The minimum atomic E-state index is -3.64. The zero-order chi connectivity index (χ0) is 24.0. The van der Waals surface area contributed by atoms with E-state index in [1.165, 1.54) is 18.3 Å². The van der Waals surface area contributed by atoms with Crippen LogP contribution in [0.2, 0.25) is 0 Å². The number of pyridine rings is 1. The van der Waals surface area contributed by atoms with E-state index in [-0.39, 0.29) is 17.6 Å². The van der Waals surface area contributed by atoms with E-state index < -0.39 is 21.4 Å². The molecule has 0 amide bonds. The van der Waals surface area contributed by atoms with Crippen LogP contribution in [0.15, 0.2) is 36.5 Å². The molecule has 2 aromatic heterocycles. The minimum Gasteiger partial charge on any atom is -0.435 e. The second-order valence-electron chi connectivity index (χ2n) is 9.00. The third kappa shape index (κ3) is 4.25. The molecule has 3 aromatic rings. The summed E-state index contributed by atoms with van der Waals surface area (Å²) in [6.07, 6.45) is 4.35. The topological polar surface area (TPSA) is 97.0 Å². The van der Waals surface area contributed by atoms with Crippen molar-refractivity contribution in [3.63, 3.8) is 0 Å². The molecular formula is C23H24F2N4O3S. The van der Waals surface area contributed by atoms with Gasteiger partial charge in [-0.05, 0) is 64.3 Å². The monoisotopic (exact) mass is 474 g/mol. The quantitative estimate of drug-likeness (QED) is 0.513. The molecule has 33 heavy (non-hydrogen) atoms. The smallest absolute Gasteiger partial charge is 0.387 e. The van der Waals surface area contributed by atoms with Crippen LogP contribution in [0.1, 0.15) is 51.6 Å². The molecule has 174 valence electrons. The van der Waals surface area contributed by atoms with E-state index >= 15 is 0 Å². The van der Waals surface area contributed by atoms with Gasteiger partial charge in [0.15, 0.2) is 0 Å². The van der Waals surface area contributed by atoms with Crippen LogP contribution in [0.25, 0.3) is 22.2 Å². The van der Waals surface area contributed by atoms with Crippen molar-refractivity contribution in [3.05, 3.63) is 42.1 Å². The lowest BCUT2D eigenvalue weighted by Crippen LogP contribution is -2.33. The Bertz CT molecular complexity index is 1330. The number of rotatable bonds is 6. The van der Waals surface area contributed by atoms with Crippen molar-refractivity contribution in [1.82, 2.24) is 9.55 Å². The van der Waals surface area contributed by atoms with E-state index in [9.17, 15) is 22.5 Å². The van der Waals surface area contributed by atoms with Gasteiger partial charge in [-0.1, -0.05) is 0 Å². The number of hydrogen-bond acceptors (Lipinski definition) is 5. The number of nitrogens with one attached hydrogen (secondary N) is 1. The Labute approximate surface area is 191 Å². The van der Waals surface area contributed by atoms with Crippen LogP contribution in [0.4, 0.5) is 14.6 Å². The summed E-state index contributed by atoms with van der Waals surface area (Å²) < 4.78 is 58.4. The van der Waals surface area contributed by atoms with Crippen molar-refractivity contribution in [1.29, 1.82) is 5.26 Å². The Kier molecular flexibility index (Phi) is 5.78. The molecule has 10 heteroatoms. The molecule has 0 aliphatic heterocycles. The maximum absolute atomic E-state index is 12.8. The first-order chi connectivity index (χ1) is 15.5. The maximum atomic E-state index is 12.8. The van der Waals surface area contributed by atoms with Gasteiger partial charge in [0, 0.05) is 29.3 Å². The van der Waals surface area contributed by atoms with Gasteiger partial charge in [0.25, 0.3) is 0 Å². The summed E-state index contributed by atoms with van der Waals surface area (Å²) in [5.41, 5.74) is 2.31. The van der Waals surface area contributed by atoms with Crippen LogP contribution >= 0.6 is 0 Å². The number of sulfonamides is 1. The van der Waals surface area contributed by atoms with Crippen molar-refractivity contribution in [2.75, 3.05) is 4.72 Å². The van der Waals surface area contributed by atoms with Gasteiger partial charge in [-0.15, -0.1) is 0 Å². The Hall–Kier alpha value is -3.19. The van der Waals surface area contributed by atoms with Crippen LogP contribution in [0, 0.1) is 11.3 Å². The highest BCUT2D eigenvalue weighted by Crippen LogP contribution is 2.43. The van der Waals surface area contributed by atoms with Gasteiger partial charge in [0.05, 0.1) is 21.5 Å². The summed E-state index contributed by atoms with van der Waals surface area (Å²) in [4.78, 5) is 4.26. The number of aromatic nitrogens is 2. The average molecular weight is 475 g/mol. The number of nitriles is 1. The molecule has 1 N–H and O–H groups in total. The number of hydrogen-bond donors (Lipinski definition) is 1. The van der Waals surface area contributed by atoms with Crippen molar-refractivity contribution in [3.8, 4) is 23.1 Å². The van der Waals surface area contributed by atoms with Gasteiger partial charge in [-0.25, -0.2) is 13.4 Å². The highest BCUT2D eigenvalue weighted by molar-refractivity contribution is 7.94. The van der Waals surface area contributed by atoms with Gasteiger partial charge < -0.3 is 9.30 Å². The molecule has 0 saturated heterocycles. The summed E-state index contributed by atoms with van der Waals surface area (Å²) in [5.74, 6) is 0.197. The molecule has 0 radical (unpaired) electrons. The highest BCUT2D eigenvalue weighted by Gasteiger charge is 2.30. The zero-order valence-electron chi connectivity index (χ0n) is 18.5. The fourth-order valence-electron chi connectivity index (χ4n) is 3.77. The maximum Gasteiger partial charge on any atom is 0.387 e. The van der Waals surface area contributed by atoms with E-state index in [0.717, 1.165) is 19.3 Å². The van der Waals surface area contributed by atoms with E-state index in [2.05, 4.69) is 20.5 Å². The summed E-state index contributed by atoms with van der Waals surface area (Å²) in [6.45, 7) is 1.82. The predicted molar refractivity (Wildman–Crippen MR) is 122 cm³/mol. The molecule has 0 bridgehead atoms. The van der Waals surface area contributed by atoms with E-state index in [0.29, 0.717) is 27.7 Å². The molecule has 7 nitrogen and oxygen atoms in total. The normalized spacial score (nSPS) is 14.8. The minimum absolute atomic E-state index is 0.0247. The molecule has 1 aliphatic carbocycles. The van der Waals surface area contributed by atoms with Crippen molar-refractivity contribution < 1.29 is 21.9 Å². The standard InChI is InChI=1S/C23H24F2N4O3S/c1-23(2,3)33(30,31)28-20-10-7-14(13-27-20)21-18(12-26)17-9-8-16(32-22(24)25)11-19(17)29(21)15-5-4-6-15/h7-11,13,15,22H,4-6H2,1-3H3,(H,27,28). The molecule has 0 spiro atoms. The highest BCUT2D eigenvalue weighted by atomic mass is 32.2. The van der Waals surface area contributed by atoms with Crippen molar-refractivity contribution >= 4 is 26.7 Å². The first kappa shape index (κ1) is 23.0. The summed E-state index contributed by atoms with van der Waals surface area (Å²) in [7, 11) is -3.64. The first-order valence-corrected chi connectivity index (χ1v) is 12.0. The predicted octanol–water partition coefficient (Wildman–Crippen LogP) is 5.44. The van der Waals surface area contributed by atoms with Gasteiger partial charge >= 0.3 is 6.61 Å². The summed E-state index contributed by atoms with van der Waals surface area (Å²) in [6, 6.07) is 10.2. The SMILES string of the molecule is CC(C)(C)S(=O)(=O)Nc1ccc(-c2c(C#N)c3ccc(OC(F)F)cc3n2C2CCC2)cn1. The number of halogens is 2. The summed E-state index contributed by atoms with van der Waals surface area (Å²) >= 11 is 0. The molecule has 1 aromatic carbocycles. The lowest BCUT2D eigenvalue weighted by molar-refractivity contribution is -0.0497. The molecule has 1 fully saturated rings. The van der Waals surface area contributed by atoms with E-state index in [1.54, 1.807) is 39.0 Å². The number of fused-ring (bicyclic) bond motifs is 1. The second kappa shape index (κ2) is 8.30. The lowest BCUT2D eigenvalue weighted by atomic mass is 9.92. The van der Waals surface area contributed by atoms with Gasteiger partial charge in [-0.3, -0.25) is 4.72 Å². The zero-order valence-corrected chi connectivity index (χ0v) is 19.3. The number of nitrogens with zero attached hydrogens (tertiary/aromatic N) is 3. The molecule has 0 atom stereocenters. The second-order valence-corrected chi connectivity index (χ2v) is 11.4. The van der Waals surface area contributed by atoms with E-state index in [1.807, 2.05) is 4.57 Å². The van der Waals surface area contributed by atoms with Gasteiger partial charge in [0.2, 0.25) is 10.0 Å². The van der Waals surface area contributed by atoms with Crippen molar-refractivity contribution in [2.24, 2.45) is 0 Å². The molecule has 2 heterocycles. The van der Waals surface area contributed by atoms with E-state index in [4.69, 9.17) is 0 Å². The Morgan fingerprint density at radius 1 is 1.24 bits per heavy atom. The number of anilines is 1. The lowest BCUT2D eigenvalue weighted by Gasteiger charge is -2.30. The van der Waals surface area contributed by atoms with Crippen LogP contribution in [-0.2, 0) is 10.0 Å². The number of alkyl halides is 2. The number of benzene rings is 1.